The number of carbonyl (C=O) groups is 1. The van der Waals surface area contributed by atoms with Gasteiger partial charge in [-0.2, -0.15) is 0 Å². The molecule has 0 atom stereocenters. The second kappa shape index (κ2) is 10.0. The van der Waals surface area contributed by atoms with E-state index in [9.17, 15) is 13.2 Å². The minimum absolute atomic E-state index is 0.248. The molecular weight excluding hydrogens is 445 g/mol. The summed E-state index contributed by atoms with van der Waals surface area (Å²) >= 11 is 12.0. The molecule has 162 valence electrons. The molecule has 3 rings (SSSR count). The maximum atomic E-state index is 12.5. The molecule has 1 amide bonds. The summed E-state index contributed by atoms with van der Waals surface area (Å²) in [7, 11) is -3.70. The van der Waals surface area contributed by atoms with Gasteiger partial charge in [-0.1, -0.05) is 47.5 Å². The lowest BCUT2D eigenvalue weighted by Crippen LogP contribution is -2.40. The van der Waals surface area contributed by atoms with Gasteiger partial charge in [0.15, 0.2) is 0 Å². The SMILES string of the molecule is CS(=O)(=O)N(CC(=O)NCc1cccc(CN2CCCC2)c1)c1cc(Cl)cc(Cl)c1. The van der Waals surface area contributed by atoms with E-state index in [0.29, 0.717) is 16.6 Å². The van der Waals surface area contributed by atoms with Crippen molar-refractivity contribution in [2.45, 2.75) is 25.9 Å². The number of sulfonamides is 1. The second-order valence-corrected chi connectivity index (χ2v) is 10.3. The Morgan fingerprint density at radius 2 is 1.70 bits per heavy atom. The second-order valence-electron chi connectivity index (χ2n) is 7.48. The predicted octanol–water partition coefficient (Wildman–Crippen LogP) is 3.67. The fourth-order valence-electron chi connectivity index (χ4n) is 3.51. The third kappa shape index (κ3) is 6.60. The third-order valence-electron chi connectivity index (χ3n) is 4.91. The van der Waals surface area contributed by atoms with Crippen LogP contribution in [-0.4, -0.2) is 45.1 Å². The molecule has 2 aromatic rings. The van der Waals surface area contributed by atoms with Crippen LogP contribution in [0.25, 0.3) is 0 Å². The third-order valence-corrected chi connectivity index (χ3v) is 6.49. The van der Waals surface area contributed by atoms with Crippen LogP contribution in [-0.2, 0) is 27.9 Å². The van der Waals surface area contributed by atoms with Crippen molar-refractivity contribution in [2.75, 3.05) is 30.2 Å². The summed E-state index contributed by atoms with van der Waals surface area (Å²) in [6.45, 7) is 3.11. The van der Waals surface area contributed by atoms with Crippen LogP contribution in [0.2, 0.25) is 10.0 Å². The number of nitrogens with zero attached hydrogens (tertiary/aromatic N) is 2. The molecule has 1 saturated heterocycles. The number of anilines is 1. The Hall–Kier alpha value is -1.80. The van der Waals surface area contributed by atoms with Crippen LogP contribution in [0.15, 0.2) is 42.5 Å². The van der Waals surface area contributed by atoms with Crippen molar-refractivity contribution in [3.05, 3.63) is 63.6 Å². The highest BCUT2D eigenvalue weighted by atomic mass is 35.5. The van der Waals surface area contributed by atoms with Crippen LogP contribution in [0.4, 0.5) is 5.69 Å². The van der Waals surface area contributed by atoms with Gasteiger partial charge in [-0.05, 0) is 55.3 Å². The maximum Gasteiger partial charge on any atom is 0.241 e. The summed E-state index contributed by atoms with van der Waals surface area (Å²) in [6.07, 6.45) is 3.52. The lowest BCUT2D eigenvalue weighted by Gasteiger charge is -2.22. The van der Waals surface area contributed by atoms with E-state index in [2.05, 4.69) is 22.3 Å². The lowest BCUT2D eigenvalue weighted by atomic mass is 10.1. The molecule has 0 unspecified atom stereocenters. The first-order valence-corrected chi connectivity index (χ1v) is 12.3. The van der Waals surface area contributed by atoms with Crippen LogP contribution in [0.3, 0.4) is 0 Å². The average Bonchev–Trinajstić information content (AvgIpc) is 3.16. The first-order valence-electron chi connectivity index (χ1n) is 9.71. The predicted molar refractivity (Wildman–Crippen MR) is 121 cm³/mol. The number of amides is 1. The van der Waals surface area contributed by atoms with Crippen molar-refractivity contribution < 1.29 is 13.2 Å². The van der Waals surface area contributed by atoms with Gasteiger partial charge >= 0.3 is 0 Å². The molecular formula is C21H25Cl2N3O3S. The molecule has 1 aliphatic heterocycles. The zero-order valence-corrected chi connectivity index (χ0v) is 19.1. The Kier molecular flexibility index (Phi) is 7.63. The minimum Gasteiger partial charge on any atom is -0.350 e. The summed E-state index contributed by atoms with van der Waals surface area (Å²) in [5.74, 6) is -0.415. The summed E-state index contributed by atoms with van der Waals surface area (Å²) in [5, 5.41) is 3.38. The number of carbonyl (C=O) groups excluding carboxylic acids is 1. The number of benzene rings is 2. The van der Waals surface area contributed by atoms with Crippen LogP contribution >= 0.6 is 23.2 Å². The van der Waals surface area contributed by atoms with Gasteiger partial charge in [-0.25, -0.2) is 8.42 Å². The number of hydrogen-bond donors (Lipinski definition) is 1. The van der Waals surface area contributed by atoms with Gasteiger partial charge in [0.2, 0.25) is 15.9 Å². The largest absolute Gasteiger partial charge is 0.350 e. The molecule has 30 heavy (non-hydrogen) atoms. The zero-order valence-electron chi connectivity index (χ0n) is 16.8. The highest BCUT2D eigenvalue weighted by Crippen LogP contribution is 2.26. The molecule has 0 aliphatic carbocycles. The van der Waals surface area contributed by atoms with E-state index in [1.54, 1.807) is 0 Å². The van der Waals surface area contributed by atoms with Crippen molar-refractivity contribution >= 4 is 44.8 Å². The van der Waals surface area contributed by atoms with Crippen LogP contribution < -0.4 is 9.62 Å². The molecule has 1 aliphatic rings. The van der Waals surface area contributed by atoms with Crippen LogP contribution in [0, 0.1) is 0 Å². The van der Waals surface area contributed by atoms with Crippen LogP contribution in [0.1, 0.15) is 24.0 Å². The highest BCUT2D eigenvalue weighted by Gasteiger charge is 2.21. The van der Waals surface area contributed by atoms with E-state index in [1.165, 1.54) is 36.6 Å². The normalized spacial score (nSPS) is 14.6. The van der Waals surface area contributed by atoms with E-state index < -0.39 is 15.9 Å². The Bertz CT molecular complexity index is 988. The van der Waals surface area contributed by atoms with E-state index in [0.717, 1.165) is 35.8 Å². The smallest absolute Gasteiger partial charge is 0.241 e. The van der Waals surface area contributed by atoms with Gasteiger partial charge in [0.05, 0.1) is 11.9 Å². The Morgan fingerprint density at radius 1 is 1.07 bits per heavy atom. The Labute approximate surface area is 187 Å². The van der Waals surface area contributed by atoms with Crippen LogP contribution in [0.5, 0.6) is 0 Å². The number of likely N-dealkylation sites (tertiary alicyclic amines) is 1. The first kappa shape index (κ1) is 22.9. The van der Waals surface area contributed by atoms with Gasteiger partial charge in [0.1, 0.15) is 6.54 Å². The van der Waals surface area contributed by atoms with E-state index in [4.69, 9.17) is 23.2 Å². The summed E-state index contributed by atoms with van der Waals surface area (Å²) < 4.78 is 25.4. The van der Waals surface area contributed by atoms with Crippen molar-refractivity contribution in [1.29, 1.82) is 0 Å². The first-order chi connectivity index (χ1) is 14.2. The maximum absolute atomic E-state index is 12.5. The molecule has 9 heteroatoms. The molecule has 1 heterocycles. The van der Waals surface area contributed by atoms with E-state index >= 15 is 0 Å². The quantitative estimate of drug-likeness (QED) is 0.639. The van der Waals surface area contributed by atoms with E-state index in [-0.39, 0.29) is 12.2 Å². The molecule has 6 nitrogen and oxygen atoms in total. The van der Waals surface area contributed by atoms with Gasteiger partial charge in [-0.15, -0.1) is 0 Å². The number of rotatable bonds is 8. The van der Waals surface area contributed by atoms with Crippen molar-refractivity contribution in [1.82, 2.24) is 10.2 Å². The van der Waals surface area contributed by atoms with Gasteiger partial charge < -0.3 is 5.32 Å². The van der Waals surface area contributed by atoms with Gasteiger partial charge in [-0.3, -0.25) is 14.0 Å². The number of nitrogens with one attached hydrogen (secondary N) is 1. The van der Waals surface area contributed by atoms with Gasteiger partial charge in [0.25, 0.3) is 0 Å². The fraction of sp³-hybridized carbons (Fsp3) is 0.381. The molecule has 1 fully saturated rings. The average molecular weight is 470 g/mol. The highest BCUT2D eigenvalue weighted by molar-refractivity contribution is 7.92. The summed E-state index contributed by atoms with van der Waals surface area (Å²) in [5.41, 5.74) is 2.42. The lowest BCUT2D eigenvalue weighted by molar-refractivity contribution is -0.119. The summed E-state index contributed by atoms with van der Waals surface area (Å²) in [4.78, 5) is 14.9. The molecule has 2 aromatic carbocycles. The molecule has 0 bridgehead atoms. The monoisotopic (exact) mass is 469 g/mol. The number of hydrogen-bond acceptors (Lipinski definition) is 4. The molecule has 0 saturated carbocycles. The van der Waals surface area contributed by atoms with Crippen molar-refractivity contribution in [3.8, 4) is 0 Å². The topological polar surface area (TPSA) is 69.7 Å². The van der Waals surface area contributed by atoms with Crippen molar-refractivity contribution in [2.24, 2.45) is 0 Å². The Morgan fingerprint density at radius 3 is 2.33 bits per heavy atom. The zero-order chi connectivity index (χ0) is 21.7. The molecule has 1 N–H and O–H groups in total. The summed E-state index contributed by atoms with van der Waals surface area (Å²) in [6, 6.07) is 12.5. The standard InChI is InChI=1S/C21H25Cl2N3O3S/c1-30(28,29)26(20-11-18(22)10-19(23)12-20)15-21(27)24-13-16-5-4-6-17(9-16)14-25-7-2-3-8-25/h4-6,9-12H,2-3,7-8,13-15H2,1H3,(H,24,27). The molecule has 0 radical (unpaired) electrons. The van der Waals surface area contributed by atoms with E-state index in [1.807, 2.05) is 12.1 Å². The molecule has 0 spiro atoms. The number of halogens is 2. The molecule has 0 aromatic heterocycles. The Balaban J connectivity index is 1.63. The fourth-order valence-corrected chi connectivity index (χ4v) is 4.86. The van der Waals surface area contributed by atoms with Crippen molar-refractivity contribution in [3.63, 3.8) is 0 Å². The minimum atomic E-state index is -3.70. The van der Waals surface area contributed by atoms with Gasteiger partial charge in [0, 0.05) is 23.1 Å².